The maximum Gasteiger partial charge on any atom is 0.240 e. The van der Waals surface area contributed by atoms with E-state index in [9.17, 15) is 4.79 Å². The molecule has 18 heavy (non-hydrogen) atoms. The minimum Gasteiger partial charge on any atom is -0.352 e. The Labute approximate surface area is 106 Å². The molecule has 5 nitrogen and oxygen atoms in total. The van der Waals surface area contributed by atoms with Crippen molar-refractivity contribution >= 4 is 16.9 Å². The van der Waals surface area contributed by atoms with Crippen molar-refractivity contribution < 1.29 is 4.79 Å². The monoisotopic (exact) mass is 246 g/mol. The molecule has 2 heterocycles. The molecule has 0 unspecified atom stereocenters. The van der Waals surface area contributed by atoms with Crippen molar-refractivity contribution in [2.75, 3.05) is 0 Å². The van der Waals surface area contributed by atoms with Gasteiger partial charge < -0.3 is 15.6 Å². The lowest BCUT2D eigenvalue weighted by atomic mass is 10.2. The lowest BCUT2D eigenvalue weighted by molar-refractivity contribution is -0.122. The second-order valence-electron chi connectivity index (χ2n) is 4.58. The summed E-state index contributed by atoms with van der Waals surface area (Å²) in [4.78, 5) is 16.1. The predicted octanol–water partition coefficient (Wildman–Crippen LogP) is 1.02. The van der Waals surface area contributed by atoms with Gasteiger partial charge in [0.1, 0.15) is 12.2 Å². The Morgan fingerprint density at radius 2 is 2.33 bits per heavy atom. The van der Waals surface area contributed by atoms with Crippen LogP contribution in [0.2, 0.25) is 0 Å². The van der Waals surface area contributed by atoms with Crippen molar-refractivity contribution in [2.24, 2.45) is 5.73 Å². The van der Waals surface area contributed by atoms with Crippen LogP contribution in [0.1, 0.15) is 19.4 Å². The fourth-order valence-electron chi connectivity index (χ4n) is 2.00. The highest BCUT2D eigenvalue weighted by Crippen LogP contribution is 2.18. The molecule has 5 heteroatoms. The van der Waals surface area contributed by atoms with Gasteiger partial charge in [0.25, 0.3) is 0 Å². The van der Waals surface area contributed by atoms with E-state index in [1.54, 1.807) is 6.20 Å². The van der Waals surface area contributed by atoms with Gasteiger partial charge in [-0.1, -0.05) is 0 Å². The number of hydrogen-bond acceptors (Lipinski definition) is 3. The first-order valence-electron chi connectivity index (χ1n) is 6.04. The maximum atomic E-state index is 11.8. The predicted molar refractivity (Wildman–Crippen MR) is 70.9 cm³/mol. The number of nitrogens with two attached hydrogens (primary N) is 1. The van der Waals surface area contributed by atoms with Crippen LogP contribution in [0.5, 0.6) is 0 Å². The molecule has 0 aliphatic carbocycles. The second-order valence-corrected chi connectivity index (χ2v) is 4.58. The summed E-state index contributed by atoms with van der Waals surface area (Å²) < 4.78 is 1.84. The van der Waals surface area contributed by atoms with Crippen LogP contribution in [0.25, 0.3) is 11.0 Å². The van der Waals surface area contributed by atoms with E-state index in [4.69, 9.17) is 5.73 Å². The van der Waals surface area contributed by atoms with Crippen LogP contribution in [0.15, 0.2) is 24.5 Å². The van der Waals surface area contributed by atoms with Crippen LogP contribution in [-0.4, -0.2) is 21.5 Å². The normalized spacial score (nSPS) is 11.1. The molecule has 0 spiro atoms. The summed E-state index contributed by atoms with van der Waals surface area (Å²) in [5, 5.41) is 3.88. The molecule has 1 amide bonds. The first-order chi connectivity index (χ1) is 8.61. The van der Waals surface area contributed by atoms with Gasteiger partial charge in [-0.15, -0.1) is 0 Å². The number of pyridine rings is 1. The van der Waals surface area contributed by atoms with Crippen molar-refractivity contribution in [3.05, 3.63) is 30.1 Å². The Kier molecular flexibility index (Phi) is 3.62. The number of aromatic nitrogens is 2. The summed E-state index contributed by atoms with van der Waals surface area (Å²) in [5.74, 6) is -0.0175. The lowest BCUT2D eigenvalue weighted by Crippen LogP contribution is -2.33. The Morgan fingerprint density at radius 1 is 1.56 bits per heavy atom. The zero-order valence-electron chi connectivity index (χ0n) is 10.7. The molecular formula is C13H18N4O. The van der Waals surface area contributed by atoms with E-state index in [-0.39, 0.29) is 18.5 Å². The number of carbonyl (C=O) groups excluding carboxylic acids is 1. The number of carbonyl (C=O) groups is 1. The molecule has 3 N–H and O–H groups in total. The van der Waals surface area contributed by atoms with Crippen molar-refractivity contribution in [2.45, 2.75) is 33.0 Å². The number of hydrogen-bond donors (Lipinski definition) is 2. The van der Waals surface area contributed by atoms with E-state index in [1.165, 1.54) is 0 Å². The third-order valence-electron chi connectivity index (χ3n) is 2.70. The molecule has 0 radical (unpaired) electrons. The number of fused-ring (bicyclic) bond motifs is 1. The topological polar surface area (TPSA) is 72.9 Å². The van der Waals surface area contributed by atoms with E-state index in [2.05, 4.69) is 10.3 Å². The molecule has 2 rings (SSSR count). The van der Waals surface area contributed by atoms with Gasteiger partial charge in [-0.05, 0) is 31.5 Å². The van der Waals surface area contributed by atoms with Gasteiger partial charge >= 0.3 is 0 Å². The minimum atomic E-state index is -0.0175. The number of rotatable bonds is 4. The van der Waals surface area contributed by atoms with E-state index < -0.39 is 0 Å². The second kappa shape index (κ2) is 5.18. The smallest absolute Gasteiger partial charge is 0.240 e. The Balaban J connectivity index is 2.31. The zero-order chi connectivity index (χ0) is 13.1. The summed E-state index contributed by atoms with van der Waals surface area (Å²) in [6, 6.07) is 3.99. The fraction of sp³-hybridized carbons (Fsp3) is 0.385. The molecule has 0 saturated heterocycles. The van der Waals surface area contributed by atoms with Crippen LogP contribution in [0.3, 0.4) is 0 Å². The Bertz CT molecular complexity index is 559. The molecule has 0 aromatic carbocycles. The van der Waals surface area contributed by atoms with Gasteiger partial charge in [-0.3, -0.25) is 4.79 Å². The van der Waals surface area contributed by atoms with Gasteiger partial charge in [-0.25, -0.2) is 4.98 Å². The highest BCUT2D eigenvalue weighted by Gasteiger charge is 2.11. The third kappa shape index (κ3) is 2.51. The van der Waals surface area contributed by atoms with Crippen LogP contribution >= 0.6 is 0 Å². The van der Waals surface area contributed by atoms with Gasteiger partial charge in [0.05, 0.1) is 0 Å². The first kappa shape index (κ1) is 12.6. The summed E-state index contributed by atoms with van der Waals surface area (Å²) in [6.45, 7) is 4.59. The molecule has 2 aromatic heterocycles. The Morgan fingerprint density at radius 3 is 3.00 bits per heavy atom. The van der Waals surface area contributed by atoms with Crippen molar-refractivity contribution in [3.63, 3.8) is 0 Å². The highest BCUT2D eigenvalue weighted by atomic mass is 16.2. The minimum absolute atomic E-state index is 0.0175. The molecule has 96 valence electrons. The quantitative estimate of drug-likeness (QED) is 0.846. The van der Waals surface area contributed by atoms with Crippen LogP contribution in [0, 0.1) is 0 Å². The Hall–Kier alpha value is -1.88. The largest absolute Gasteiger partial charge is 0.352 e. The standard InChI is InChI=1S/C13H18N4O/c1-9(2)16-12(18)8-17-7-10(6-14)11-4-3-5-15-13(11)17/h3-5,7,9H,6,8,14H2,1-2H3,(H,16,18). The maximum absolute atomic E-state index is 11.8. The van der Waals surface area contributed by atoms with Crippen LogP contribution in [-0.2, 0) is 17.9 Å². The van der Waals surface area contributed by atoms with Crippen molar-refractivity contribution in [1.29, 1.82) is 0 Å². The van der Waals surface area contributed by atoms with Gasteiger partial charge in [0, 0.05) is 30.4 Å². The van der Waals surface area contributed by atoms with E-state index >= 15 is 0 Å². The SMILES string of the molecule is CC(C)NC(=O)Cn1cc(CN)c2cccnc21. The van der Waals surface area contributed by atoms with E-state index in [0.29, 0.717) is 6.54 Å². The summed E-state index contributed by atoms with van der Waals surface area (Å²) in [7, 11) is 0. The van der Waals surface area contributed by atoms with Crippen LogP contribution < -0.4 is 11.1 Å². The molecule has 0 atom stereocenters. The van der Waals surface area contributed by atoms with Gasteiger partial charge in [0.15, 0.2) is 0 Å². The third-order valence-corrected chi connectivity index (χ3v) is 2.70. The summed E-state index contributed by atoms with van der Waals surface area (Å²) >= 11 is 0. The molecular weight excluding hydrogens is 228 g/mol. The zero-order valence-corrected chi connectivity index (χ0v) is 10.7. The first-order valence-corrected chi connectivity index (χ1v) is 6.04. The number of amides is 1. The van der Waals surface area contributed by atoms with E-state index in [1.807, 2.05) is 36.7 Å². The summed E-state index contributed by atoms with van der Waals surface area (Å²) in [6.07, 6.45) is 3.62. The number of nitrogens with one attached hydrogen (secondary N) is 1. The van der Waals surface area contributed by atoms with Crippen LogP contribution in [0.4, 0.5) is 0 Å². The average molecular weight is 246 g/mol. The molecule has 0 aliphatic rings. The van der Waals surface area contributed by atoms with Gasteiger partial charge in [0.2, 0.25) is 5.91 Å². The van der Waals surface area contributed by atoms with Crippen molar-refractivity contribution in [3.8, 4) is 0 Å². The lowest BCUT2D eigenvalue weighted by Gasteiger charge is -2.09. The van der Waals surface area contributed by atoms with Crippen molar-refractivity contribution in [1.82, 2.24) is 14.9 Å². The highest BCUT2D eigenvalue weighted by molar-refractivity contribution is 5.83. The molecule has 0 fully saturated rings. The number of nitrogens with zero attached hydrogens (tertiary/aromatic N) is 2. The fourth-order valence-corrected chi connectivity index (χ4v) is 2.00. The average Bonchev–Trinajstić information content (AvgIpc) is 2.67. The molecule has 2 aromatic rings. The summed E-state index contributed by atoms with van der Waals surface area (Å²) in [5.41, 5.74) is 7.51. The molecule has 0 saturated carbocycles. The van der Waals surface area contributed by atoms with Gasteiger partial charge in [-0.2, -0.15) is 0 Å². The van der Waals surface area contributed by atoms with E-state index in [0.717, 1.165) is 16.6 Å². The molecule has 0 aliphatic heterocycles. The molecule has 0 bridgehead atoms.